The fourth-order valence-electron chi connectivity index (χ4n) is 2.36. The maximum Gasteiger partial charge on any atom is 0.306 e. The molecule has 0 aliphatic carbocycles. The highest BCUT2D eigenvalue weighted by Crippen LogP contribution is 2.23. The Bertz CT molecular complexity index is 513. The lowest BCUT2D eigenvalue weighted by atomic mass is 9.99. The molecule has 108 valence electrons. The fraction of sp³-hybridized carbons (Fsp3) is 0.467. The summed E-state index contributed by atoms with van der Waals surface area (Å²) in [6, 6.07) is 5.25. The number of amides is 1. The molecule has 0 radical (unpaired) electrons. The number of nitrogens with zero attached hydrogens (tertiary/aromatic N) is 1. The van der Waals surface area contributed by atoms with Crippen molar-refractivity contribution in [2.45, 2.75) is 32.7 Å². The number of carbonyl (C=O) groups is 2. The molecule has 1 aliphatic heterocycles. The summed E-state index contributed by atoms with van der Waals surface area (Å²) in [5.41, 5.74) is 2.14. The van der Waals surface area contributed by atoms with Gasteiger partial charge < -0.3 is 14.7 Å². The van der Waals surface area contributed by atoms with Gasteiger partial charge in [-0.2, -0.15) is 0 Å². The number of hydrogen-bond acceptors (Lipinski definition) is 4. The molecule has 0 aromatic heterocycles. The molecule has 0 atom stereocenters. The van der Waals surface area contributed by atoms with Crippen molar-refractivity contribution in [3.63, 3.8) is 0 Å². The van der Waals surface area contributed by atoms with E-state index in [0.717, 1.165) is 17.5 Å². The van der Waals surface area contributed by atoms with Gasteiger partial charge in [-0.15, -0.1) is 0 Å². The van der Waals surface area contributed by atoms with E-state index in [1.807, 2.05) is 6.07 Å². The number of aromatic hydroxyl groups is 1. The summed E-state index contributed by atoms with van der Waals surface area (Å²) in [6.07, 6.45) is 1.07. The third-order valence-electron chi connectivity index (χ3n) is 3.40. The highest BCUT2D eigenvalue weighted by Gasteiger charge is 2.21. The van der Waals surface area contributed by atoms with Crippen molar-refractivity contribution in [2.24, 2.45) is 0 Å². The number of esters is 1. The number of rotatable bonds is 4. The minimum Gasteiger partial charge on any atom is -0.508 e. The first kappa shape index (κ1) is 14.4. The number of ether oxygens (including phenoxy) is 1. The maximum atomic E-state index is 12.1. The topological polar surface area (TPSA) is 66.8 Å². The normalized spacial score (nSPS) is 13.8. The van der Waals surface area contributed by atoms with Gasteiger partial charge in [0, 0.05) is 19.5 Å². The van der Waals surface area contributed by atoms with Gasteiger partial charge in [0.25, 0.3) is 0 Å². The number of hydrogen-bond donors (Lipinski definition) is 1. The highest BCUT2D eigenvalue weighted by molar-refractivity contribution is 5.81. The SMILES string of the molecule is CCOC(=O)CCC(=O)N1CCc2ccc(O)cc2C1. The summed E-state index contributed by atoms with van der Waals surface area (Å²) >= 11 is 0. The second kappa shape index (κ2) is 6.41. The van der Waals surface area contributed by atoms with Crippen molar-refractivity contribution in [1.82, 2.24) is 4.90 Å². The predicted octanol–water partition coefficient (Wildman–Crippen LogP) is 1.62. The molecule has 0 saturated heterocycles. The largest absolute Gasteiger partial charge is 0.508 e. The van der Waals surface area contributed by atoms with Crippen LogP contribution in [0.25, 0.3) is 0 Å². The molecular formula is C15H19NO4. The van der Waals surface area contributed by atoms with Crippen LogP contribution in [-0.4, -0.2) is 35.0 Å². The van der Waals surface area contributed by atoms with Crippen LogP contribution < -0.4 is 0 Å². The molecule has 20 heavy (non-hydrogen) atoms. The van der Waals surface area contributed by atoms with Crippen molar-refractivity contribution in [1.29, 1.82) is 0 Å². The molecule has 2 rings (SSSR count). The van der Waals surface area contributed by atoms with E-state index in [1.165, 1.54) is 0 Å². The Morgan fingerprint density at radius 3 is 2.85 bits per heavy atom. The summed E-state index contributed by atoms with van der Waals surface area (Å²) in [5, 5.41) is 9.48. The Labute approximate surface area is 118 Å². The van der Waals surface area contributed by atoms with Gasteiger partial charge in [-0.1, -0.05) is 6.07 Å². The van der Waals surface area contributed by atoms with E-state index >= 15 is 0 Å². The minimum absolute atomic E-state index is 0.0490. The molecule has 5 heteroatoms. The molecule has 0 bridgehead atoms. The average Bonchev–Trinajstić information content (AvgIpc) is 2.44. The Balaban J connectivity index is 1.91. The van der Waals surface area contributed by atoms with Crippen LogP contribution in [0.5, 0.6) is 5.75 Å². The predicted molar refractivity (Wildman–Crippen MR) is 73.1 cm³/mol. The average molecular weight is 277 g/mol. The molecular weight excluding hydrogens is 258 g/mol. The van der Waals surface area contributed by atoms with Crippen molar-refractivity contribution in [2.75, 3.05) is 13.2 Å². The first-order valence-electron chi connectivity index (χ1n) is 6.84. The van der Waals surface area contributed by atoms with E-state index in [4.69, 9.17) is 4.74 Å². The molecule has 1 aliphatic rings. The van der Waals surface area contributed by atoms with Gasteiger partial charge in [0.2, 0.25) is 5.91 Å². The molecule has 0 saturated carbocycles. The summed E-state index contributed by atoms with van der Waals surface area (Å²) in [7, 11) is 0. The molecule has 0 fully saturated rings. The quantitative estimate of drug-likeness (QED) is 0.849. The molecule has 0 unspecified atom stereocenters. The Morgan fingerprint density at radius 1 is 1.30 bits per heavy atom. The lowest BCUT2D eigenvalue weighted by molar-refractivity contribution is -0.145. The van der Waals surface area contributed by atoms with Gasteiger partial charge in [-0.3, -0.25) is 9.59 Å². The van der Waals surface area contributed by atoms with Crippen LogP contribution in [0.3, 0.4) is 0 Å². The third kappa shape index (κ3) is 3.50. The van der Waals surface area contributed by atoms with Crippen molar-refractivity contribution in [3.8, 4) is 5.75 Å². The van der Waals surface area contributed by atoms with Gasteiger partial charge in [0.15, 0.2) is 0 Å². The maximum absolute atomic E-state index is 12.1. The second-order valence-electron chi connectivity index (χ2n) is 4.82. The van der Waals surface area contributed by atoms with Crippen LogP contribution in [0.15, 0.2) is 18.2 Å². The molecule has 1 amide bonds. The Hall–Kier alpha value is -2.04. The van der Waals surface area contributed by atoms with E-state index in [9.17, 15) is 14.7 Å². The van der Waals surface area contributed by atoms with Crippen LogP contribution in [-0.2, 0) is 27.3 Å². The zero-order chi connectivity index (χ0) is 14.5. The zero-order valence-electron chi connectivity index (χ0n) is 11.6. The Morgan fingerprint density at radius 2 is 2.10 bits per heavy atom. The van der Waals surface area contributed by atoms with Crippen LogP contribution in [0.4, 0.5) is 0 Å². The van der Waals surface area contributed by atoms with Crippen LogP contribution in [0, 0.1) is 0 Å². The van der Waals surface area contributed by atoms with Gasteiger partial charge in [0.1, 0.15) is 5.75 Å². The highest BCUT2D eigenvalue weighted by atomic mass is 16.5. The van der Waals surface area contributed by atoms with Crippen LogP contribution >= 0.6 is 0 Å². The number of benzene rings is 1. The van der Waals surface area contributed by atoms with E-state index in [1.54, 1.807) is 24.0 Å². The van der Waals surface area contributed by atoms with Gasteiger partial charge in [-0.25, -0.2) is 0 Å². The number of phenolic OH excluding ortho intramolecular Hbond substituents is 1. The molecule has 0 spiro atoms. The van der Waals surface area contributed by atoms with Gasteiger partial charge in [0.05, 0.1) is 13.0 Å². The molecule has 1 aromatic rings. The number of carbonyl (C=O) groups excluding carboxylic acids is 2. The van der Waals surface area contributed by atoms with Gasteiger partial charge >= 0.3 is 5.97 Å². The first-order valence-corrected chi connectivity index (χ1v) is 6.84. The zero-order valence-corrected chi connectivity index (χ0v) is 11.6. The third-order valence-corrected chi connectivity index (χ3v) is 3.40. The molecule has 5 nitrogen and oxygen atoms in total. The summed E-state index contributed by atoms with van der Waals surface area (Å²) in [5.74, 6) is -0.174. The van der Waals surface area contributed by atoms with Crippen LogP contribution in [0.2, 0.25) is 0 Å². The Kier molecular flexibility index (Phi) is 4.61. The van der Waals surface area contributed by atoms with E-state index < -0.39 is 0 Å². The molecule has 1 aromatic carbocycles. The lowest BCUT2D eigenvalue weighted by Crippen LogP contribution is -2.36. The van der Waals surface area contributed by atoms with E-state index in [0.29, 0.717) is 19.7 Å². The van der Waals surface area contributed by atoms with E-state index in [-0.39, 0.29) is 30.5 Å². The molecule has 1 heterocycles. The number of fused-ring (bicyclic) bond motifs is 1. The summed E-state index contributed by atoms with van der Waals surface area (Å²) in [4.78, 5) is 25.0. The molecule has 1 N–H and O–H groups in total. The smallest absolute Gasteiger partial charge is 0.306 e. The lowest BCUT2D eigenvalue weighted by Gasteiger charge is -2.29. The van der Waals surface area contributed by atoms with Crippen molar-refractivity contribution < 1.29 is 19.4 Å². The standard InChI is InChI=1S/C15H19NO4/c1-2-20-15(19)6-5-14(18)16-8-7-11-3-4-13(17)9-12(11)10-16/h3-4,9,17H,2,5-8,10H2,1H3. The minimum atomic E-state index is -0.337. The van der Waals surface area contributed by atoms with Crippen molar-refractivity contribution >= 4 is 11.9 Å². The van der Waals surface area contributed by atoms with Gasteiger partial charge in [-0.05, 0) is 36.6 Å². The first-order chi connectivity index (χ1) is 9.60. The van der Waals surface area contributed by atoms with Crippen molar-refractivity contribution in [3.05, 3.63) is 29.3 Å². The van der Waals surface area contributed by atoms with Crippen LogP contribution in [0.1, 0.15) is 30.9 Å². The summed E-state index contributed by atoms with van der Waals surface area (Å²) < 4.78 is 4.81. The second-order valence-corrected chi connectivity index (χ2v) is 4.82. The van der Waals surface area contributed by atoms with E-state index in [2.05, 4.69) is 0 Å². The fourth-order valence-corrected chi connectivity index (χ4v) is 2.36. The number of phenols is 1. The summed E-state index contributed by atoms with van der Waals surface area (Å²) in [6.45, 7) is 3.22. The monoisotopic (exact) mass is 277 g/mol.